The van der Waals surface area contributed by atoms with E-state index in [0.717, 1.165) is 11.4 Å². The minimum Gasteiger partial charge on any atom is -0.426 e. The van der Waals surface area contributed by atoms with Gasteiger partial charge in [-0.3, -0.25) is 4.79 Å². The summed E-state index contributed by atoms with van der Waals surface area (Å²) in [6.07, 6.45) is 1.70. The topological polar surface area (TPSA) is 44.1 Å². The van der Waals surface area contributed by atoms with Gasteiger partial charge in [-0.25, -0.2) is 4.68 Å². The highest BCUT2D eigenvalue weighted by atomic mass is 35.5. The molecule has 2 aromatic carbocycles. The number of halogens is 1. The zero-order chi connectivity index (χ0) is 15.5. The second kappa shape index (κ2) is 6.03. The summed E-state index contributed by atoms with van der Waals surface area (Å²) in [4.78, 5) is 11.3. The Balaban J connectivity index is 2.15. The number of ether oxygens (including phenoxy) is 1. The third-order valence-corrected chi connectivity index (χ3v) is 3.35. The SMILES string of the molecule is CC(=O)Oc1ccc(Cl)cc1-c1ccnn1-c1ccccc1. The van der Waals surface area contributed by atoms with E-state index in [9.17, 15) is 4.79 Å². The number of carbonyl (C=O) groups excluding carboxylic acids is 1. The monoisotopic (exact) mass is 312 g/mol. The molecular formula is C17H13ClN2O2. The quantitative estimate of drug-likeness (QED) is 0.540. The van der Waals surface area contributed by atoms with Gasteiger partial charge in [0, 0.05) is 17.5 Å². The molecule has 110 valence electrons. The van der Waals surface area contributed by atoms with Gasteiger partial charge in [-0.2, -0.15) is 5.10 Å². The van der Waals surface area contributed by atoms with Gasteiger partial charge in [0.25, 0.3) is 0 Å². The molecule has 3 rings (SSSR count). The van der Waals surface area contributed by atoms with Crippen LogP contribution in [0.25, 0.3) is 16.9 Å². The molecule has 0 spiro atoms. The third-order valence-electron chi connectivity index (χ3n) is 3.11. The number of nitrogens with zero attached hydrogens (tertiary/aromatic N) is 2. The molecule has 0 saturated carbocycles. The van der Waals surface area contributed by atoms with Crippen molar-refractivity contribution in [3.63, 3.8) is 0 Å². The molecule has 0 radical (unpaired) electrons. The first-order chi connectivity index (χ1) is 10.6. The van der Waals surface area contributed by atoms with Gasteiger partial charge < -0.3 is 4.74 Å². The van der Waals surface area contributed by atoms with Crippen molar-refractivity contribution in [1.29, 1.82) is 0 Å². The van der Waals surface area contributed by atoms with Gasteiger partial charge in [0.15, 0.2) is 0 Å². The molecule has 0 saturated heterocycles. The first-order valence-electron chi connectivity index (χ1n) is 6.73. The second-order valence-corrected chi connectivity index (χ2v) is 5.13. The Kier molecular flexibility index (Phi) is 3.94. The lowest BCUT2D eigenvalue weighted by molar-refractivity contribution is -0.131. The summed E-state index contributed by atoms with van der Waals surface area (Å²) in [5.74, 6) is 0.0731. The van der Waals surface area contributed by atoms with Crippen LogP contribution in [0.15, 0.2) is 60.8 Å². The Bertz CT molecular complexity index is 813. The number of esters is 1. The highest BCUT2D eigenvalue weighted by molar-refractivity contribution is 6.31. The normalized spacial score (nSPS) is 10.5. The molecule has 22 heavy (non-hydrogen) atoms. The van der Waals surface area contributed by atoms with Crippen LogP contribution in [0, 0.1) is 0 Å². The van der Waals surface area contributed by atoms with Crippen molar-refractivity contribution in [3.8, 4) is 22.7 Å². The fourth-order valence-corrected chi connectivity index (χ4v) is 2.40. The minimum atomic E-state index is -0.380. The zero-order valence-corrected chi connectivity index (χ0v) is 12.6. The molecule has 0 atom stereocenters. The number of para-hydroxylation sites is 1. The van der Waals surface area contributed by atoms with Crippen molar-refractivity contribution in [2.24, 2.45) is 0 Å². The molecule has 1 heterocycles. The summed E-state index contributed by atoms with van der Waals surface area (Å²) in [5.41, 5.74) is 2.42. The van der Waals surface area contributed by atoms with E-state index in [1.54, 1.807) is 29.1 Å². The van der Waals surface area contributed by atoms with Crippen LogP contribution in [0.4, 0.5) is 0 Å². The Morgan fingerprint density at radius 3 is 2.64 bits per heavy atom. The molecule has 4 nitrogen and oxygen atoms in total. The molecular weight excluding hydrogens is 300 g/mol. The molecule has 0 aliphatic heterocycles. The van der Waals surface area contributed by atoms with Gasteiger partial charge in [-0.1, -0.05) is 29.8 Å². The summed E-state index contributed by atoms with van der Waals surface area (Å²) in [6, 6.07) is 16.7. The first-order valence-corrected chi connectivity index (χ1v) is 7.11. The van der Waals surface area contributed by atoms with E-state index < -0.39 is 0 Å². The van der Waals surface area contributed by atoms with E-state index in [-0.39, 0.29) is 5.97 Å². The van der Waals surface area contributed by atoms with Crippen molar-refractivity contribution in [2.75, 3.05) is 0 Å². The van der Waals surface area contributed by atoms with E-state index in [0.29, 0.717) is 16.3 Å². The molecule has 0 N–H and O–H groups in total. The Morgan fingerprint density at radius 2 is 1.91 bits per heavy atom. The standard InChI is InChI=1S/C17H13ClN2O2/c1-12(21)22-17-8-7-13(18)11-15(17)16-9-10-19-20(16)14-5-3-2-4-6-14/h2-11H,1H3. The van der Waals surface area contributed by atoms with E-state index in [1.807, 2.05) is 36.4 Å². The Labute approximate surface area is 132 Å². The van der Waals surface area contributed by atoms with Crippen LogP contribution in [-0.2, 0) is 4.79 Å². The molecule has 0 amide bonds. The summed E-state index contributed by atoms with van der Waals surface area (Å²) in [6.45, 7) is 1.37. The largest absolute Gasteiger partial charge is 0.426 e. The lowest BCUT2D eigenvalue weighted by Crippen LogP contribution is -2.04. The van der Waals surface area contributed by atoms with Gasteiger partial charge >= 0.3 is 5.97 Å². The predicted octanol–water partition coefficient (Wildman–Crippen LogP) is 4.12. The molecule has 0 unspecified atom stereocenters. The first kappa shape index (κ1) is 14.4. The van der Waals surface area contributed by atoms with Crippen LogP contribution in [0.3, 0.4) is 0 Å². The smallest absolute Gasteiger partial charge is 0.308 e. The van der Waals surface area contributed by atoms with Gasteiger partial charge in [0.2, 0.25) is 0 Å². The molecule has 0 aliphatic carbocycles. The predicted molar refractivity (Wildman–Crippen MR) is 85.3 cm³/mol. The van der Waals surface area contributed by atoms with E-state index in [2.05, 4.69) is 5.10 Å². The molecule has 1 aromatic heterocycles. The Hall–Kier alpha value is -2.59. The average Bonchev–Trinajstić information content (AvgIpc) is 2.99. The number of carbonyl (C=O) groups is 1. The van der Waals surface area contributed by atoms with Gasteiger partial charge in [0.1, 0.15) is 5.75 Å². The zero-order valence-electron chi connectivity index (χ0n) is 11.9. The number of hydrogen-bond donors (Lipinski definition) is 0. The van der Waals surface area contributed by atoms with E-state index in [4.69, 9.17) is 16.3 Å². The molecule has 3 aromatic rings. The highest BCUT2D eigenvalue weighted by Crippen LogP contribution is 2.33. The van der Waals surface area contributed by atoms with Crippen LogP contribution in [0.1, 0.15) is 6.92 Å². The van der Waals surface area contributed by atoms with Crippen molar-refractivity contribution in [2.45, 2.75) is 6.92 Å². The van der Waals surface area contributed by atoms with Gasteiger partial charge in [0.05, 0.1) is 17.6 Å². The van der Waals surface area contributed by atoms with E-state index in [1.165, 1.54) is 6.92 Å². The summed E-state index contributed by atoms with van der Waals surface area (Å²) < 4.78 is 7.05. The molecule has 0 bridgehead atoms. The Morgan fingerprint density at radius 1 is 1.14 bits per heavy atom. The van der Waals surface area contributed by atoms with Crippen LogP contribution in [0.2, 0.25) is 5.02 Å². The molecule has 0 fully saturated rings. The average molecular weight is 313 g/mol. The fourth-order valence-electron chi connectivity index (χ4n) is 2.23. The lowest BCUT2D eigenvalue weighted by atomic mass is 10.1. The number of rotatable bonds is 3. The van der Waals surface area contributed by atoms with Crippen molar-refractivity contribution < 1.29 is 9.53 Å². The minimum absolute atomic E-state index is 0.380. The van der Waals surface area contributed by atoms with Crippen molar-refractivity contribution in [1.82, 2.24) is 9.78 Å². The second-order valence-electron chi connectivity index (χ2n) is 4.70. The van der Waals surface area contributed by atoms with Crippen molar-refractivity contribution >= 4 is 17.6 Å². The van der Waals surface area contributed by atoms with Crippen LogP contribution in [-0.4, -0.2) is 15.7 Å². The van der Waals surface area contributed by atoms with Crippen molar-refractivity contribution in [3.05, 3.63) is 65.8 Å². The van der Waals surface area contributed by atoms with Gasteiger partial charge in [-0.15, -0.1) is 0 Å². The summed E-state index contributed by atoms with van der Waals surface area (Å²) in [7, 11) is 0. The summed E-state index contributed by atoms with van der Waals surface area (Å²) >= 11 is 6.10. The van der Waals surface area contributed by atoms with Gasteiger partial charge in [-0.05, 0) is 36.4 Å². The number of benzene rings is 2. The van der Waals surface area contributed by atoms with Crippen LogP contribution in [0.5, 0.6) is 5.75 Å². The third kappa shape index (κ3) is 2.87. The summed E-state index contributed by atoms with van der Waals surface area (Å²) in [5, 5.41) is 4.91. The maximum atomic E-state index is 11.3. The maximum absolute atomic E-state index is 11.3. The highest BCUT2D eigenvalue weighted by Gasteiger charge is 2.14. The maximum Gasteiger partial charge on any atom is 0.308 e. The lowest BCUT2D eigenvalue weighted by Gasteiger charge is -2.12. The van der Waals surface area contributed by atoms with E-state index >= 15 is 0 Å². The van der Waals surface area contributed by atoms with Crippen LogP contribution >= 0.6 is 11.6 Å². The van der Waals surface area contributed by atoms with Crippen LogP contribution < -0.4 is 4.74 Å². The molecule has 0 aliphatic rings. The number of aromatic nitrogens is 2. The molecule has 5 heteroatoms. The fraction of sp³-hybridized carbons (Fsp3) is 0.0588. The number of hydrogen-bond acceptors (Lipinski definition) is 3.